The molecule has 0 aromatic heterocycles. The van der Waals surface area contributed by atoms with Gasteiger partial charge in [0.05, 0.1) is 34.9 Å². The minimum atomic E-state index is -4.49. The first-order valence-corrected chi connectivity index (χ1v) is 14.6. The van der Waals surface area contributed by atoms with E-state index in [-0.39, 0.29) is 29.2 Å². The number of carbonyl (C=O) groups excluding carboxylic acids is 1. The van der Waals surface area contributed by atoms with E-state index in [9.17, 15) is 40.3 Å². The Morgan fingerprint density at radius 3 is 2.12 bits per heavy atom. The Kier molecular flexibility index (Phi) is 9.03. The minimum Gasteiger partial charge on any atom is -0.394 e. The predicted octanol–water partition coefficient (Wildman–Crippen LogP) is 5.59. The van der Waals surface area contributed by atoms with E-state index in [0.29, 0.717) is 16.8 Å². The number of alkyl halides is 5. The van der Waals surface area contributed by atoms with Crippen molar-refractivity contribution in [3.63, 3.8) is 0 Å². The van der Waals surface area contributed by atoms with Crippen molar-refractivity contribution >= 4 is 21.4 Å². The minimum absolute atomic E-state index is 0.0573. The highest BCUT2D eigenvalue weighted by molar-refractivity contribution is 7.91. The van der Waals surface area contributed by atoms with Crippen LogP contribution in [0.4, 0.5) is 27.6 Å². The second-order valence-electron chi connectivity index (χ2n) is 9.83. The molecule has 41 heavy (non-hydrogen) atoms. The summed E-state index contributed by atoms with van der Waals surface area (Å²) < 4.78 is 90.7. The van der Waals surface area contributed by atoms with Crippen molar-refractivity contribution in [2.75, 3.05) is 23.8 Å². The van der Waals surface area contributed by atoms with Gasteiger partial charge in [-0.1, -0.05) is 31.2 Å². The van der Waals surface area contributed by atoms with Crippen molar-refractivity contribution in [3.8, 4) is 0 Å². The van der Waals surface area contributed by atoms with Gasteiger partial charge in [0, 0.05) is 23.7 Å². The molecule has 1 fully saturated rings. The van der Waals surface area contributed by atoms with E-state index in [0.717, 1.165) is 12.1 Å². The van der Waals surface area contributed by atoms with Gasteiger partial charge in [-0.05, 0) is 66.1 Å². The highest BCUT2D eigenvalue weighted by Crippen LogP contribution is 2.39. The van der Waals surface area contributed by atoms with E-state index in [4.69, 9.17) is 0 Å². The Morgan fingerprint density at radius 1 is 1.00 bits per heavy atom. The van der Waals surface area contributed by atoms with E-state index in [1.807, 2.05) is 0 Å². The van der Waals surface area contributed by atoms with E-state index in [2.05, 4.69) is 5.32 Å². The fourth-order valence-electron chi connectivity index (χ4n) is 4.94. The van der Waals surface area contributed by atoms with Gasteiger partial charge in [0.25, 0.3) is 12.3 Å². The monoisotopic (exact) mass is 596 g/mol. The van der Waals surface area contributed by atoms with Gasteiger partial charge in [0.2, 0.25) is 0 Å². The van der Waals surface area contributed by atoms with Gasteiger partial charge >= 0.3 is 6.18 Å². The molecule has 0 radical (unpaired) electrons. The molecule has 0 aliphatic carbocycles. The third kappa shape index (κ3) is 6.87. The molecule has 4 rings (SSSR count). The number of rotatable bonds is 9. The number of amides is 1. The summed E-state index contributed by atoms with van der Waals surface area (Å²) >= 11 is 0. The van der Waals surface area contributed by atoms with E-state index in [1.165, 1.54) is 72.5 Å². The van der Waals surface area contributed by atoms with Crippen LogP contribution in [0.5, 0.6) is 0 Å². The van der Waals surface area contributed by atoms with Crippen molar-refractivity contribution in [3.05, 3.63) is 95.1 Å². The summed E-state index contributed by atoms with van der Waals surface area (Å²) in [6.45, 7) is 1.25. The Bertz CT molecular complexity index is 1440. The van der Waals surface area contributed by atoms with Crippen LogP contribution in [0.2, 0.25) is 0 Å². The molecule has 1 unspecified atom stereocenters. The van der Waals surface area contributed by atoms with Gasteiger partial charge in [0.15, 0.2) is 9.84 Å². The Hall–Kier alpha value is -3.51. The number of halogens is 5. The molecule has 1 saturated heterocycles. The number of hydrogen-bond acceptors (Lipinski definition) is 5. The number of nitrogens with one attached hydrogen (secondary N) is 1. The Morgan fingerprint density at radius 2 is 1.61 bits per heavy atom. The fourth-order valence-corrected chi connectivity index (χ4v) is 5.83. The Labute approximate surface area is 234 Å². The SMILES string of the molecule is CCS(=O)(=O)c1ccc([C@H](CO)NC(=O)c2ccc(N3CC(c4ccc(C(F)(F)F)cc4)C[C@H]3C(F)F)cc2)cc1. The van der Waals surface area contributed by atoms with Crippen LogP contribution in [0.25, 0.3) is 0 Å². The number of anilines is 1. The van der Waals surface area contributed by atoms with Crippen LogP contribution in [0.3, 0.4) is 0 Å². The van der Waals surface area contributed by atoms with Crippen LogP contribution in [0.15, 0.2) is 77.7 Å². The maximum absolute atomic E-state index is 13.9. The van der Waals surface area contributed by atoms with Crippen molar-refractivity contribution in [1.29, 1.82) is 0 Å². The lowest BCUT2D eigenvalue weighted by atomic mass is 9.95. The van der Waals surface area contributed by atoms with E-state index < -0.39 is 58.5 Å². The molecule has 1 amide bonds. The molecule has 0 spiro atoms. The van der Waals surface area contributed by atoms with Gasteiger partial charge < -0.3 is 15.3 Å². The summed E-state index contributed by atoms with van der Waals surface area (Å²) in [7, 11) is -3.40. The Balaban J connectivity index is 1.46. The van der Waals surface area contributed by atoms with Crippen molar-refractivity contribution in [2.24, 2.45) is 0 Å². The zero-order valence-corrected chi connectivity index (χ0v) is 22.8. The van der Waals surface area contributed by atoms with Crippen LogP contribution in [-0.2, 0) is 16.0 Å². The normalized spacial score (nSPS) is 18.5. The lowest BCUT2D eigenvalue weighted by Gasteiger charge is -2.26. The average molecular weight is 597 g/mol. The molecule has 1 aliphatic rings. The third-order valence-electron chi connectivity index (χ3n) is 7.31. The molecule has 6 nitrogen and oxygen atoms in total. The number of benzene rings is 3. The standard InChI is InChI=1S/C29H29F5N2O4S/c1-2-41(39,40)24-13-7-19(8-14-24)25(17-37)35-28(38)20-5-11-23(12-6-20)36-16-21(15-26(36)27(30)31)18-3-9-22(10-4-18)29(32,33)34/h3-14,21,25-27,37H,2,15-17H2,1H3,(H,35,38)/t21?,25-,26-/m0/s1. The predicted molar refractivity (Wildman–Crippen MR) is 144 cm³/mol. The smallest absolute Gasteiger partial charge is 0.394 e. The maximum Gasteiger partial charge on any atom is 0.416 e. The quantitative estimate of drug-likeness (QED) is 0.315. The molecule has 3 aromatic rings. The third-order valence-corrected chi connectivity index (χ3v) is 9.06. The lowest BCUT2D eigenvalue weighted by Crippen LogP contribution is -2.35. The molecule has 0 saturated carbocycles. The largest absolute Gasteiger partial charge is 0.416 e. The summed E-state index contributed by atoms with van der Waals surface area (Å²) in [5.41, 5.74) is 0.883. The van der Waals surface area contributed by atoms with Crippen LogP contribution in [0, 0.1) is 0 Å². The van der Waals surface area contributed by atoms with Crippen LogP contribution in [0.1, 0.15) is 52.4 Å². The van der Waals surface area contributed by atoms with Crippen LogP contribution in [-0.4, -0.2) is 50.8 Å². The molecule has 220 valence electrons. The summed E-state index contributed by atoms with van der Waals surface area (Å²) in [5, 5.41) is 12.5. The topological polar surface area (TPSA) is 86.7 Å². The summed E-state index contributed by atoms with van der Waals surface area (Å²) in [4.78, 5) is 14.5. The maximum atomic E-state index is 13.9. The second kappa shape index (κ2) is 12.2. The van der Waals surface area contributed by atoms with Gasteiger partial charge in [-0.3, -0.25) is 4.79 Å². The number of aliphatic hydroxyl groups is 1. The zero-order valence-electron chi connectivity index (χ0n) is 22.0. The van der Waals surface area contributed by atoms with E-state index >= 15 is 0 Å². The van der Waals surface area contributed by atoms with Gasteiger partial charge in [-0.2, -0.15) is 13.2 Å². The fraction of sp³-hybridized carbons (Fsp3) is 0.345. The van der Waals surface area contributed by atoms with Crippen LogP contribution < -0.4 is 10.2 Å². The average Bonchev–Trinajstić information content (AvgIpc) is 3.42. The molecule has 12 heteroatoms. The highest BCUT2D eigenvalue weighted by atomic mass is 32.2. The number of carbonyl (C=O) groups is 1. The molecular formula is C29H29F5N2O4S. The highest BCUT2D eigenvalue weighted by Gasteiger charge is 2.39. The molecule has 2 N–H and O–H groups in total. The summed E-state index contributed by atoms with van der Waals surface area (Å²) in [6, 6.07) is 14.4. The first-order chi connectivity index (χ1) is 19.3. The number of sulfone groups is 1. The molecule has 3 atom stereocenters. The summed E-state index contributed by atoms with van der Waals surface area (Å²) in [5.74, 6) is -0.994. The molecule has 3 aromatic carbocycles. The van der Waals surface area contributed by atoms with Gasteiger partial charge in [-0.25, -0.2) is 17.2 Å². The van der Waals surface area contributed by atoms with Crippen LogP contribution >= 0.6 is 0 Å². The summed E-state index contributed by atoms with van der Waals surface area (Å²) in [6.07, 6.45) is -7.12. The number of nitrogens with zero attached hydrogens (tertiary/aromatic N) is 1. The number of hydrogen-bond donors (Lipinski definition) is 2. The van der Waals surface area contributed by atoms with E-state index in [1.54, 1.807) is 0 Å². The molecule has 0 bridgehead atoms. The van der Waals surface area contributed by atoms with Crippen molar-refractivity contribution < 1.29 is 40.3 Å². The van der Waals surface area contributed by atoms with Gasteiger partial charge in [-0.15, -0.1) is 0 Å². The second-order valence-corrected chi connectivity index (χ2v) is 12.1. The van der Waals surface area contributed by atoms with Crippen molar-refractivity contribution in [1.82, 2.24) is 5.32 Å². The van der Waals surface area contributed by atoms with Gasteiger partial charge in [0.1, 0.15) is 0 Å². The zero-order chi connectivity index (χ0) is 29.9. The molecule has 1 heterocycles. The molecular weight excluding hydrogens is 567 g/mol. The lowest BCUT2D eigenvalue weighted by molar-refractivity contribution is -0.137. The molecule has 1 aliphatic heterocycles. The first kappa shape index (κ1) is 30.4. The number of aliphatic hydroxyl groups excluding tert-OH is 1. The first-order valence-electron chi connectivity index (χ1n) is 12.9. The van der Waals surface area contributed by atoms with Crippen molar-refractivity contribution in [2.45, 2.75) is 48.8 Å².